The largest absolute Gasteiger partial charge is 0.379 e. The van der Waals surface area contributed by atoms with Crippen molar-refractivity contribution in [2.24, 2.45) is 5.73 Å². The molecule has 22 heavy (non-hydrogen) atoms. The molecule has 1 aliphatic rings. The zero-order valence-electron chi connectivity index (χ0n) is 13.0. The summed E-state index contributed by atoms with van der Waals surface area (Å²) in [7, 11) is 0. The minimum absolute atomic E-state index is 0.701. The van der Waals surface area contributed by atoms with E-state index in [1.807, 2.05) is 0 Å². The molecule has 0 spiro atoms. The van der Waals surface area contributed by atoms with Crippen LogP contribution in [0.5, 0.6) is 0 Å². The van der Waals surface area contributed by atoms with Crippen LogP contribution in [-0.2, 0) is 17.7 Å². The summed E-state index contributed by atoms with van der Waals surface area (Å²) in [6, 6.07) is 17.5. The number of morpholine rings is 1. The monoisotopic (exact) mass is 296 g/mol. The Morgan fingerprint density at radius 3 is 2.41 bits per heavy atom. The predicted molar refractivity (Wildman–Crippen MR) is 90.7 cm³/mol. The lowest BCUT2D eigenvalue weighted by atomic mass is 9.97. The Morgan fingerprint density at radius 1 is 0.955 bits per heavy atom. The van der Waals surface area contributed by atoms with Crippen LogP contribution >= 0.6 is 0 Å². The second-order valence-electron chi connectivity index (χ2n) is 5.78. The van der Waals surface area contributed by atoms with Crippen molar-refractivity contribution in [3.63, 3.8) is 0 Å². The van der Waals surface area contributed by atoms with Crippen molar-refractivity contribution in [2.45, 2.75) is 13.0 Å². The van der Waals surface area contributed by atoms with Gasteiger partial charge < -0.3 is 10.5 Å². The van der Waals surface area contributed by atoms with Gasteiger partial charge in [0.1, 0.15) is 0 Å². The van der Waals surface area contributed by atoms with Crippen LogP contribution in [0.3, 0.4) is 0 Å². The maximum atomic E-state index is 5.62. The van der Waals surface area contributed by atoms with Gasteiger partial charge in [-0.2, -0.15) is 0 Å². The minimum atomic E-state index is 0.701. The standard InChI is InChI=1S/C19H24N2O/c20-10-9-16-5-7-17(8-6-16)19-4-2-1-3-18(19)15-21-11-13-22-14-12-21/h1-8H,9-15,20H2. The fraction of sp³-hybridized carbons (Fsp3) is 0.368. The fourth-order valence-corrected chi connectivity index (χ4v) is 2.96. The molecule has 1 heterocycles. The lowest BCUT2D eigenvalue weighted by Gasteiger charge is -2.27. The summed E-state index contributed by atoms with van der Waals surface area (Å²) in [5.41, 5.74) is 10.9. The normalized spacial score (nSPS) is 15.9. The molecule has 0 radical (unpaired) electrons. The summed E-state index contributed by atoms with van der Waals surface area (Å²) in [6.45, 7) is 5.41. The zero-order valence-corrected chi connectivity index (χ0v) is 13.0. The van der Waals surface area contributed by atoms with Crippen LogP contribution in [-0.4, -0.2) is 37.7 Å². The van der Waals surface area contributed by atoms with Gasteiger partial charge in [-0.1, -0.05) is 48.5 Å². The molecular weight excluding hydrogens is 272 g/mol. The zero-order chi connectivity index (χ0) is 15.2. The highest BCUT2D eigenvalue weighted by Crippen LogP contribution is 2.25. The van der Waals surface area contributed by atoms with Crippen molar-refractivity contribution in [3.05, 3.63) is 59.7 Å². The molecule has 0 atom stereocenters. The summed E-state index contributed by atoms with van der Waals surface area (Å²) in [6.07, 6.45) is 0.940. The highest BCUT2D eigenvalue weighted by molar-refractivity contribution is 5.67. The molecule has 0 bridgehead atoms. The van der Waals surface area contributed by atoms with Gasteiger partial charge in [0.25, 0.3) is 0 Å². The molecule has 0 aliphatic carbocycles. The second-order valence-corrected chi connectivity index (χ2v) is 5.78. The second kappa shape index (κ2) is 7.54. The number of hydrogen-bond donors (Lipinski definition) is 1. The molecule has 1 fully saturated rings. The summed E-state index contributed by atoms with van der Waals surface area (Å²) in [5.74, 6) is 0. The van der Waals surface area contributed by atoms with Gasteiger partial charge in [-0.3, -0.25) is 4.90 Å². The van der Waals surface area contributed by atoms with Crippen LogP contribution < -0.4 is 5.73 Å². The summed E-state index contributed by atoms with van der Waals surface area (Å²) in [4.78, 5) is 2.46. The Labute approximate surface area is 132 Å². The molecule has 1 saturated heterocycles. The average molecular weight is 296 g/mol. The summed E-state index contributed by atoms with van der Waals surface area (Å²) < 4.78 is 5.44. The van der Waals surface area contributed by atoms with Crippen LogP contribution in [0.15, 0.2) is 48.5 Å². The topological polar surface area (TPSA) is 38.5 Å². The Balaban J connectivity index is 1.80. The number of ether oxygens (including phenoxy) is 1. The summed E-state index contributed by atoms with van der Waals surface area (Å²) >= 11 is 0. The van der Waals surface area contributed by atoms with Crippen molar-refractivity contribution in [1.29, 1.82) is 0 Å². The number of nitrogens with zero attached hydrogens (tertiary/aromatic N) is 1. The first-order valence-corrected chi connectivity index (χ1v) is 8.04. The molecule has 116 valence electrons. The van der Waals surface area contributed by atoms with Gasteiger partial charge in [-0.15, -0.1) is 0 Å². The van der Waals surface area contributed by atoms with E-state index in [4.69, 9.17) is 10.5 Å². The average Bonchev–Trinajstić information content (AvgIpc) is 2.58. The SMILES string of the molecule is NCCc1ccc(-c2ccccc2CN2CCOCC2)cc1. The van der Waals surface area contributed by atoms with Crippen LogP contribution in [0.2, 0.25) is 0 Å². The third-order valence-electron chi connectivity index (χ3n) is 4.21. The van der Waals surface area contributed by atoms with E-state index in [0.717, 1.165) is 39.3 Å². The van der Waals surface area contributed by atoms with Crippen LogP contribution in [0.4, 0.5) is 0 Å². The molecular formula is C19H24N2O. The Morgan fingerprint density at radius 2 is 1.68 bits per heavy atom. The fourth-order valence-electron chi connectivity index (χ4n) is 2.96. The lowest BCUT2D eigenvalue weighted by molar-refractivity contribution is 0.0342. The first-order chi connectivity index (χ1) is 10.9. The molecule has 2 aromatic carbocycles. The first-order valence-electron chi connectivity index (χ1n) is 8.04. The number of hydrogen-bond acceptors (Lipinski definition) is 3. The van der Waals surface area contributed by atoms with Crippen molar-refractivity contribution >= 4 is 0 Å². The van der Waals surface area contributed by atoms with E-state index in [0.29, 0.717) is 6.54 Å². The summed E-state index contributed by atoms with van der Waals surface area (Å²) in [5, 5.41) is 0. The van der Waals surface area contributed by atoms with E-state index in [9.17, 15) is 0 Å². The molecule has 2 aromatic rings. The van der Waals surface area contributed by atoms with Crippen molar-refractivity contribution < 1.29 is 4.74 Å². The van der Waals surface area contributed by atoms with E-state index in [1.165, 1.54) is 22.3 Å². The van der Waals surface area contributed by atoms with E-state index < -0.39 is 0 Å². The van der Waals surface area contributed by atoms with E-state index in [2.05, 4.69) is 53.4 Å². The predicted octanol–water partition coefficient (Wildman–Crippen LogP) is 2.69. The number of nitrogens with two attached hydrogens (primary N) is 1. The molecule has 3 rings (SSSR count). The Kier molecular flexibility index (Phi) is 5.22. The molecule has 3 nitrogen and oxygen atoms in total. The lowest BCUT2D eigenvalue weighted by Crippen LogP contribution is -2.35. The van der Waals surface area contributed by atoms with Gasteiger partial charge in [0.2, 0.25) is 0 Å². The van der Waals surface area contributed by atoms with Gasteiger partial charge in [0.05, 0.1) is 13.2 Å². The maximum Gasteiger partial charge on any atom is 0.0594 e. The Bertz CT molecular complexity index is 589. The van der Waals surface area contributed by atoms with Gasteiger partial charge in [-0.05, 0) is 35.2 Å². The van der Waals surface area contributed by atoms with E-state index >= 15 is 0 Å². The highest BCUT2D eigenvalue weighted by Gasteiger charge is 2.13. The van der Waals surface area contributed by atoms with Crippen molar-refractivity contribution in [3.8, 4) is 11.1 Å². The van der Waals surface area contributed by atoms with Gasteiger partial charge >= 0.3 is 0 Å². The molecule has 1 aliphatic heterocycles. The van der Waals surface area contributed by atoms with E-state index in [-0.39, 0.29) is 0 Å². The molecule has 0 amide bonds. The smallest absolute Gasteiger partial charge is 0.0594 e. The molecule has 0 aromatic heterocycles. The molecule has 3 heteroatoms. The van der Waals surface area contributed by atoms with E-state index in [1.54, 1.807) is 0 Å². The van der Waals surface area contributed by atoms with Crippen molar-refractivity contribution in [1.82, 2.24) is 4.90 Å². The first kappa shape index (κ1) is 15.2. The van der Waals surface area contributed by atoms with Crippen LogP contribution in [0.25, 0.3) is 11.1 Å². The van der Waals surface area contributed by atoms with Gasteiger partial charge in [0, 0.05) is 19.6 Å². The number of benzene rings is 2. The minimum Gasteiger partial charge on any atom is -0.379 e. The van der Waals surface area contributed by atoms with Crippen LogP contribution in [0, 0.1) is 0 Å². The third-order valence-corrected chi connectivity index (χ3v) is 4.21. The highest BCUT2D eigenvalue weighted by atomic mass is 16.5. The molecule has 0 saturated carbocycles. The molecule has 0 unspecified atom stereocenters. The van der Waals surface area contributed by atoms with Crippen molar-refractivity contribution in [2.75, 3.05) is 32.8 Å². The quantitative estimate of drug-likeness (QED) is 0.922. The maximum absolute atomic E-state index is 5.62. The van der Waals surface area contributed by atoms with Gasteiger partial charge in [-0.25, -0.2) is 0 Å². The van der Waals surface area contributed by atoms with Crippen LogP contribution in [0.1, 0.15) is 11.1 Å². The third kappa shape index (κ3) is 3.74. The Hall–Kier alpha value is -1.68. The molecule has 2 N–H and O–H groups in total. The van der Waals surface area contributed by atoms with Gasteiger partial charge in [0.15, 0.2) is 0 Å². The number of rotatable bonds is 5.